The quantitative estimate of drug-likeness (QED) is 0.427. The average molecular weight is 159 g/mol. The monoisotopic (exact) mass is 159 g/mol. The minimum Gasteiger partial charge on any atom is -0.283 e. The maximum atomic E-state index is 10.6. The lowest BCUT2D eigenvalue weighted by Crippen LogP contribution is -2.51. The van der Waals surface area contributed by atoms with Crippen LogP contribution < -0.4 is 5.32 Å². The Bertz CT molecular complexity index is 185. The summed E-state index contributed by atoms with van der Waals surface area (Å²) in [6, 6.07) is -0.0579. The van der Waals surface area contributed by atoms with E-state index in [1.807, 2.05) is 18.9 Å². The van der Waals surface area contributed by atoms with Crippen LogP contribution in [-0.2, 0) is 0 Å². The molecule has 0 aromatic heterocycles. The van der Waals surface area contributed by atoms with Crippen LogP contribution in [0.2, 0.25) is 0 Å². The maximum Gasteiger partial charge on any atom is 0.288 e. The fourth-order valence-electron chi connectivity index (χ4n) is 1.22. The number of nitrogens with zero attached hydrogens (tertiary/aromatic N) is 2. The van der Waals surface area contributed by atoms with Gasteiger partial charge in [-0.2, -0.15) is 0 Å². The second-order valence-electron chi connectivity index (χ2n) is 3.17. The molecule has 1 fully saturated rings. The Balaban J connectivity index is 2.81. The molecule has 0 bridgehead atoms. The smallest absolute Gasteiger partial charge is 0.283 e. The van der Waals surface area contributed by atoms with Gasteiger partial charge in [0.15, 0.2) is 0 Å². The molecule has 5 heteroatoms. The summed E-state index contributed by atoms with van der Waals surface area (Å²) in [5.41, 5.74) is -0.977. The van der Waals surface area contributed by atoms with Gasteiger partial charge in [0.05, 0.1) is 12.7 Å². The highest BCUT2D eigenvalue weighted by Crippen LogP contribution is 2.20. The van der Waals surface area contributed by atoms with Crippen LogP contribution in [-0.4, -0.2) is 35.2 Å². The van der Waals surface area contributed by atoms with Crippen molar-refractivity contribution in [3.8, 4) is 0 Å². The maximum absolute atomic E-state index is 10.6. The lowest BCUT2D eigenvalue weighted by Gasteiger charge is -2.21. The van der Waals surface area contributed by atoms with Gasteiger partial charge in [-0.1, -0.05) is 0 Å². The average Bonchev–Trinajstić information content (AvgIpc) is 2.18. The summed E-state index contributed by atoms with van der Waals surface area (Å²) in [5.74, 6) is 0. The topological polar surface area (TPSA) is 58.4 Å². The molecule has 0 radical (unpaired) electrons. The molecule has 11 heavy (non-hydrogen) atoms. The second kappa shape index (κ2) is 2.42. The van der Waals surface area contributed by atoms with Gasteiger partial charge < -0.3 is 0 Å². The third kappa shape index (κ3) is 1.10. The molecule has 1 N–H and O–H groups in total. The zero-order valence-electron chi connectivity index (χ0n) is 7.00. The van der Waals surface area contributed by atoms with E-state index in [9.17, 15) is 10.1 Å². The van der Waals surface area contributed by atoms with Crippen molar-refractivity contribution in [1.29, 1.82) is 0 Å². The van der Waals surface area contributed by atoms with Gasteiger partial charge in [0.25, 0.3) is 5.66 Å². The van der Waals surface area contributed by atoms with Crippen LogP contribution in [0, 0.1) is 10.1 Å². The second-order valence-corrected chi connectivity index (χ2v) is 3.17. The van der Waals surface area contributed by atoms with Crippen molar-refractivity contribution in [2.24, 2.45) is 0 Å². The van der Waals surface area contributed by atoms with Crippen LogP contribution in [0.3, 0.4) is 0 Å². The molecule has 0 aromatic rings. The summed E-state index contributed by atoms with van der Waals surface area (Å²) in [5, 5.41) is 13.5. The van der Waals surface area contributed by atoms with Crippen molar-refractivity contribution >= 4 is 0 Å². The Morgan fingerprint density at radius 3 is 2.55 bits per heavy atom. The van der Waals surface area contributed by atoms with Crippen molar-refractivity contribution in [1.82, 2.24) is 10.2 Å². The molecule has 0 amide bonds. The van der Waals surface area contributed by atoms with Crippen LogP contribution in [0.1, 0.15) is 13.8 Å². The molecule has 2 atom stereocenters. The molecular formula is C6H13N3O2. The largest absolute Gasteiger partial charge is 0.288 e. The summed E-state index contributed by atoms with van der Waals surface area (Å²) in [7, 11) is 1.87. The predicted octanol–water partition coefficient (Wildman–Crippen LogP) is -0.140. The highest BCUT2D eigenvalue weighted by molar-refractivity contribution is 4.89. The van der Waals surface area contributed by atoms with Gasteiger partial charge in [-0.25, -0.2) is 5.32 Å². The number of rotatable bonds is 1. The van der Waals surface area contributed by atoms with E-state index >= 15 is 0 Å². The molecule has 64 valence electrons. The Labute approximate surface area is 65.5 Å². The minimum absolute atomic E-state index is 0.0579. The molecule has 1 heterocycles. The summed E-state index contributed by atoms with van der Waals surface area (Å²) in [6.45, 7) is 4.04. The molecule has 1 rings (SSSR count). The Morgan fingerprint density at radius 1 is 1.82 bits per heavy atom. The van der Waals surface area contributed by atoms with Crippen LogP contribution >= 0.6 is 0 Å². The van der Waals surface area contributed by atoms with E-state index in [1.165, 1.54) is 0 Å². The first-order valence-corrected chi connectivity index (χ1v) is 3.58. The lowest BCUT2D eigenvalue weighted by molar-refractivity contribution is -0.573. The Hall–Kier alpha value is -0.680. The first kappa shape index (κ1) is 8.42. The van der Waals surface area contributed by atoms with Crippen LogP contribution in [0.25, 0.3) is 0 Å². The SMILES string of the molecule is CC1N(C)CNC1(C)[N+](=O)[O-]. The number of likely N-dealkylation sites (N-methyl/N-ethyl adjacent to an activating group) is 1. The Morgan fingerprint density at radius 2 is 2.36 bits per heavy atom. The summed E-state index contributed by atoms with van der Waals surface area (Å²) < 4.78 is 0. The predicted molar refractivity (Wildman–Crippen MR) is 40.6 cm³/mol. The molecule has 2 unspecified atom stereocenters. The van der Waals surface area contributed by atoms with E-state index in [1.54, 1.807) is 6.92 Å². The van der Waals surface area contributed by atoms with Crippen LogP contribution in [0.5, 0.6) is 0 Å². The summed E-state index contributed by atoms with van der Waals surface area (Å²) >= 11 is 0. The first-order valence-electron chi connectivity index (χ1n) is 3.58. The number of hydrogen-bond acceptors (Lipinski definition) is 4. The van der Waals surface area contributed by atoms with E-state index in [2.05, 4.69) is 5.32 Å². The standard InChI is InChI=1S/C6H13N3O2/c1-5-6(2,9(10)11)7-4-8(5)3/h5,7H,4H2,1-3H3. The van der Waals surface area contributed by atoms with Crippen molar-refractivity contribution in [2.75, 3.05) is 13.7 Å². The van der Waals surface area contributed by atoms with Crippen LogP contribution in [0.15, 0.2) is 0 Å². The Kier molecular flexibility index (Phi) is 1.85. The van der Waals surface area contributed by atoms with Gasteiger partial charge in [-0.05, 0) is 14.0 Å². The van der Waals surface area contributed by atoms with E-state index < -0.39 is 5.66 Å². The highest BCUT2D eigenvalue weighted by Gasteiger charge is 2.49. The highest BCUT2D eigenvalue weighted by atomic mass is 16.6. The number of hydrogen-bond donors (Lipinski definition) is 1. The normalized spacial score (nSPS) is 39.4. The third-order valence-electron chi connectivity index (χ3n) is 2.54. The van der Waals surface area contributed by atoms with Gasteiger partial charge in [0.1, 0.15) is 0 Å². The van der Waals surface area contributed by atoms with Gasteiger partial charge in [-0.3, -0.25) is 15.0 Å². The number of nitrogens with one attached hydrogen (secondary N) is 1. The molecule has 1 aliphatic heterocycles. The van der Waals surface area contributed by atoms with Crippen molar-refractivity contribution < 1.29 is 4.92 Å². The molecule has 0 aromatic carbocycles. The molecule has 0 aliphatic carbocycles. The molecule has 0 saturated carbocycles. The van der Waals surface area contributed by atoms with Gasteiger partial charge in [-0.15, -0.1) is 0 Å². The molecule has 1 aliphatic rings. The molecule has 0 spiro atoms. The summed E-state index contributed by atoms with van der Waals surface area (Å²) in [4.78, 5) is 12.3. The van der Waals surface area contributed by atoms with Gasteiger partial charge in [0, 0.05) is 11.8 Å². The first-order chi connectivity index (χ1) is 4.98. The van der Waals surface area contributed by atoms with E-state index in [-0.39, 0.29) is 11.0 Å². The summed E-state index contributed by atoms with van der Waals surface area (Å²) in [6.07, 6.45) is 0. The fourth-order valence-corrected chi connectivity index (χ4v) is 1.22. The molecule has 1 saturated heterocycles. The van der Waals surface area contributed by atoms with Gasteiger partial charge in [0.2, 0.25) is 0 Å². The lowest BCUT2D eigenvalue weighted by atomic mass is 10.1. The molecule has 5 nitrogen and oxygen atoms in total. The van der Waals surface area contributed by atoms with Gasteiger partial charge >= 0.3 is 0 Å². The molecular weight excluding hydrogens is 146 g/mol. The van der Waals surface area contributed by atoms with E-state index in [0.717, 1.165) is 0 Å². The zero-order valence-corrected chi connectivity index (χ0v) is 7.00. The van der Waals surface area contributed by atoms with Crippen LogP contribution in [0.4, 0.5) is 0 Å². The van der Waals surface area contributed by atoms with Crippen molar-refractivity contribution in [2.45, 2.75) is 25.6 Å². The fraction of sp³-hybridized carbons (Fsp3) is 1.00. The third-order valence-corrected chi connectivity index (χ3v) is 2.54. The van der Waals surface area contributed by atoms with Crippen molar-refractivity contribution in [3.63, 3.8) is 0 Å². The van der Waals surface area contributed by atoms with E-state index in [4.69, 9.17) is 0 Å². The number of nitro groups is 1. The van der Waals surface area contributed by atoms with E-state index in [0.29, 0.717) is 6.67 Å². The minimum atomic E-state index is -0.977. The van der Waals surface area contributed by atoms with Crippen molar-refractivity contribution in [3.05, 3.63) is 10.1 Å². The zero-order chi connectivity index (χ0) is 8.65.